The first kappa shape index (κ1) is 16.5. The van der Waals surface area contributed by atoms with Gasteiger partial charge in [-0.05, 0) is 61.2 Å². The normalized spacial score (nSPS) is 11.6. The zero-order chi connectivity index (χ0) is 18.4. The summed E-state index contributed by atoms with van der Waals surface area (Å²) in [5, 5.41) is 2.31. The van der Waals surface area contributed by atoms with Crippen molar-refractivity contribution in [3.63, 3.8) is 0 Å². The van der Waals surface area contributed by atoms with Crippen molar-refractivity contribution in [3.05, 3.63) is 82.4 Å². The molecular formula is C23H18BrNO2. The van der Waals surface area contributed by atoms with Crippen molar-refractivity contribution in [1.29, 1.82) is 0 Å². The minimum absolute atomic E-state index is 0.800. The predicted molar refractivity (Wildman–Crippen MR) is 112 cm³/mol. The molecule has 0 amide bonds. The van der Waals surface area contributed by atoms with E-state index in [9.17, 15) is 0 Å². The number of aromatic amines is 1. The molecule has 3 nitrogen and oxygen atoms in total. The lowest BCUT2D eigenvalue weighted by molar-refractivity contribution is 0.530. The van der Waals surface area contributed by atoms with Gasteiger partial charge in [0.05, 0.1) is 5.56 Å². The number of nitrogens with one attached hydrogen (secondary N) is 1. The van der Waals surface area contributed by atoms with Crippen LogP contribution in [0.4, 0.5) is 0 Å². The van der Waals surface area contributed by atoms with Gasteiger partial charge in [0, 0.05) is 27.5 Å². The van der Waals surface area contributed by atoms with Gasteiger partial charge in [-0.15, -0.1) is 0 Å². The molecular weight excluding hydrogens is 402 g/mol. The lowest BCUT2D eigenvalue weighted by Crippen LogP contribution is -1.91. The van der Waals surface area contributed by atoms with Crippen LogP contribution in [0.2, 0.25) is 0 Å². The van der Waals surface area contributed by atoms with E-state index >= 15 is 0 Å². The third-order valence-corrected chi connectivity index (χ3v) is 5.41. The Morgan fingerprint density at radius 3 is 2.63 bits per heavy atom. The highest BCUT2D eigenvalue weighted by Crippen LogP contribution is 2.37. The molecule has 0 unspecified atom stereocenters. The van der Waals surface area contributed by atoms with Crippen LogP contribution in [0.25, 0.3) is 33.2 Å². The molecule has 1 N–H and O–H groups in total. The first-order valence-electron chi connectivity index (χ1n) is 9.02. The number of para-hydroxylation sites is 1. The fourth-order valence-corrected chi connectivity index (χ4v) is 4.01. The van der Waals surface area contributed by atoms with E-state index in [0.29, 0.717) is 0 Å². The van der Waals surface area contributed by atoms with Gasteiger partial charge in [-0.1, -0.05) is 34.1 Å². The molecule has 0 aliphatic heterocycles. The third kappa shape index (κ3) is 3.00. The first-order valence-corrected chi connectivity index (χ1v) is 9.81. The maximum Gasteiger partial charge on any atom is 0.138 e. The molecule has 3 aromatic heterocycles. The number of benzene rings is 2. The summed E-state index contributed by atoms with van der Waals surface area (Å²) in [4.78, 5) is 3.50. The second kappa shape index (κ2) is 6.46. The maximum absolute atomic E-state index is 6.22. The molecule has 0 saturated heterocycles. The van der Waals surface area contributed by atoms with E-state index < -0.39 is 0 Å². The van der Waals surface area contributed by atoms with Gasteiger partial charge in [-0.25, -0.2) is 0 Å². The minimum Gasteiger partial charge on any atom is -0.461 e. The number of furan rings is 2. The average molecular weight is 420 g/mol. The second-order valence-corrected chi connectivity index (χ2v) is 7.75. The number of aryl methyl sites for hydroxylation is 3. The quantitative estimate of drug-likeness (QED) is 0.339. The molecule has 2 aromatic carbocycles. The van der Waals surface area contributed by atoms with Crippen LogP contribution in [0.3, 0.4) is 0 Å². The first-order chi connectivity index (χ1) is 13.2. The van der Waals surface area contributed by atoms with Crippen LogP contribution >= 0.6 is 15.9 Å². The standard InChI is InChI=1S/C23H18BrNO2/c1-14-6-9-21(26-14)23-18-13-16(24)7-10-20(18)27-22(23)11-8-17-12-15-4-2-3-5-19(15)25-17/h2-7,9-10,12-13,25H,8,11H2,1H3. The van der Waals surface area contributed by atoms with Crippen molar-refractivity contribution < 1.29 is 8.83 Å². The Morgan fingerprint density at radius 1 is 0.926 bits per heavy atom. The number of H-pyrrole nitrogens is 1. The molecule has 5 aromatic rings. The summed E-state index contributed by atoms with van der Waals surface area (Å²) < 4.78 is 13.2. The molecule has 4 heteroatoms. The Labute approximate surface area is 165 Å². The Kier molecular flexibility index (Phi) is 3.94. The number of aromatic nitrogens is 1. The van der Waals surface area contributed by atoms with Crippen LogP contribution in [0.1, 0.15) is 17.2 Å². The Morgan fingerprint density at radius 2 is 1.81 bits per heavy atom. The number of halogens is 1. The van der Waals surface area contributed by atoms with E-state index in [2.05, 4.69) is 57.3 Å². The van der Waals surface area contributed by atoms with Crippen LogP contribution < -0.4 is 0 Å². The van der Waals surface area contributed by atoms with Crippen LogP contribution in [0.5, 0.6) is 0 Å². The summed E-state index contributed by atoms with van der Waals surface area (Å²) in [6.07, 6.45) is 1.68. The number of hydrogen-bond donors (Lipinski definition) is 1. The van der Waals surface area contributed by atoms with Crippen LogP contribution in [-0.4, -0.2) is 4.98 Å². The predicted octanol–water partition coefficient (Wildman–Crippen LogP) is 7.03. The molecule has 0 radical (unpaired) electrons. The number of rotatable bonds is 4. The van der Waals surface area contributed by atoms with Crippen molar-refractivity contribution in [2.75, 3.05) is 0 Å². The largest absolute Gasteiger partial charge is 0.461 e. The van der Waals surface area contributed by atoms with E-state index in [4.69, 9.17) is 8.83 Å². The molecule has 5 rings (SSSR count). The van der Waals surface area contributed by atoms with Gasteiger partial charge >= 0.3 is 0 Å². The smallest absolute Gasteiger partial charge is 0.138 e. The van der Waals surface area contributed by atoms with Crippen molar-refractivity contribution in [2.24, 2.45) is 0 Å². The van der Waals surface area contributed by atoms with E-state index in [1.54, 1.807) is 0 Å². The van der Waals surface area contributed by atoms with E-state index in [1.165, 1.54) is 16.6 Å². The Balaban J connectivity index is 1.55. The molecule has 0 aliphatic carbocycles. The maximum atomic E-state index is 6.22. The molecule has 134 valence electrons. The molecule has 0 fully saturated rings. The van der Waals surface area contributed by atoms with Crippen molar-refractivity contribution in [1.82, 2.24) is 4.98 Å². The number of hydrogen-bond acceptors (Lipinski definition) is 2. The molecule has 0 atom stereocenters. The molecule has 0 saturated carbocycles. The molecule has 0 aliphatic rings. The molecule has 27 heavy (non-hydrogen) atoms. The van der Waals surface area contributed by atoms with Crippen molar-refractivity contribution in [2.45, 2.75) is 19.8 Å². The van der Waals surface area contributed by atoms with Crippen molar-refractivity contribution in [3.8, 4) is 11.3 Å². The summed E-state index contributed by atoms with van der Waals surface area (Å²) in [6, 6.07) is 20.7. The molecule has 0 bridgehead atoms. The van der Waals surface area contributed by atoms with Gasteiger partial charge in [-0.2, -0.15) is 0 Å². The zero-order valence-corrected chi connectivity index (χ0v) is 16.5. The summed E-state index contributed by atoms with van der Waals surface area (Å²) >= 11 is 3.57. The van der Waals surface area contributed by atoms with Gasteiger partial charge in [0.2, 0.25) is 0 Å². The molecule has 3 heterocycles. The third-order valence-electron chi connectivity index (χ3n) is 4.92. The van der Waals surface area contributed by atoms with Gasteiger partial charge in [-0.3, -0.25) is 0 Å². The van der Waals surface area contributed by atoms with Gasteiger partial charge in [0.25, 0.3) is 0 Å². The van der Waals surface area contributed by atoms with E-state index in [0.717, 1.165) is 51.1 Å². The summed E-state index contributed by atoms with van der Waals surface area (Å²) in [5.74, 6) is 2.71. The fraction of sp³-hybridized carbons (Fsp3) is 0.130. The summed E-state index contributed by atoms with van der Waals surface area (Å²) in [5.41, 5.74) is 4.31. The summed E-state index contributed by atoms with van der Waals surface area (Å²) in [7, 11) is 0. The van der Waals surface area contributed by atoms with Crippen molar-refractivity contribution >= 4 is 37.8 Å². The van der Waals surface area contributed by atoms with E-state index in [-0.39, 0.29) is 0 Å². The monoisotopic (exact) mass is 419 g/mol. The van der Waals surface area contributed by atoms with Gasteiger partial charge < -0.3 is 13.8 Å². The minimum atomic E-state index is 0.800. The van der Waals surface area contributed by atoms with E-state index in [1.807, 2.05) is 31.2 Å². The van der Waals surface area contributed by atoms with Crippen LogP contribution in [-0.2, 0) is 12.8 Å². The lowest BCUT2D eigenvalue weighted by Gasteiger charge is -2.01. The average Bonchev–Trinajstić information content (AvgIpc) is 3.35. The lowest BCUT2D eigenvalue weighted by atomic mass is 10.0. The van der Waals surface area contributed by atoms with Crippen LogP contribution in [0, 0.1) is 6.92 Å². The SMILES string of the molecule is Cc1ccc(-c2c(CCc3cc4ccccc4[nH]3)oc3ccc(Br)cc23)o1. The topological polar surface area (TPSA) is 42.1 Å². The molecule has 0 spiro atoms. The van der Waals surface area contributed by atoms with Gasteiger partial charge in [0.1, 0.15) is 22.9 Å². The fourth-order valence-electron chi connectivity index (χ4n) is 3.65. The highest BCUT2D eigenvalue weighted by molar-refractivity contribution is 9.10. The van der Waals surface area contributed by atoms with Crippen LogP contribution in [0.15, 0.2) is 74.0 Å². The second-order valence-electron chi connectivity index (χ2n) is 6.83. The number of fused-ring (bicyclic) bond motifs is 2. The highest BCUT2D eigenvalue weighted by Gasteiger charge is 2.19. The highest BCUT2D eigenvalue weighted by atomic mass is 79.9. The Hall–Kier alpha value is -2.72. The summed E-state index contributed by atoms with van der Waals surface area (Å²) in [6.45, 7) is 1.96. The Bertz CT molecular complexity index is 1230. The zero-order valence-electron chi connectivity index (χ0n) is 14.9. The van der Waals surface area contributed by atoms with Gasteiger partial charge in [0.15, 0.2) is 0 Å².